The van der Waals surface area contributed by atoms with Gasteiger partial charge in [0.1, 0.15) is 6.04 Å². The highest BCUT2D eigenvalue weighted by Crippen LogP contribution is 2.53. The number of likely N-dealkylation sites (tertiary alicyclic amines) is 1. The molecule has 2 bridgehead atoms. The minimum absolute atomic E-state index is 0.0511. The van der Waals surface area contributed by atoms with E-state index in [9.17, 15) is 19.2 Å². The van der Waals surface area contributed by atoms with Crippen molar-refractivity contribution in [3.63, 3.8) is 0 Å². The van der Waals surface area contributed by atoms with Crippen LogP contribution in [0.2, 0.25) is 10.0 Å². The predicted octanol–water partition coefficient (Wildman–Crippen LogP) is 3.31. The SMILES string of the molecule is CC(C)[C@H](C(=O)OCC(=O)Nc1ccc(Cl)cc1Cl)N1C(=O)[C@H]2[C@H](C1=O)[C@H]1C=C[C@H]2C1. The van der Waals surface area contributed by atoms with Crippen LogP contribution < -0.4 is 5.32 Å². The number of allylic oxidation sites excluding steroid dienone is 2. The van der Waals surface area contributed by atoms with Gasteiger partial charge in [0.15, 0.2) is 6.61 Å². The number of hydrogen-bond acceptors (Lipinski definition) is 5. The topological polar surface area (TPSA) is 92.8 Å². The van der Waals surface area contributed by atoms with Crippen molar-refractivity contribution in [1.82, 2.24) is 4.90 Å². The van der Waals surface area contributed by atoms with Gasteiger partial charge in [-0.3, -0.25) is 19.3 Å². The molecule has 0 unspecified atom stereocenters. The number of amides is 3. The molecule has 5 atom stereocenters. The third-order valence-electron chi connectivity index (χ3n) is 6.21. The number of benzene rings is 1. The van der Waals surface area contributed by atoms with E-state index >= 15 is 0 Å². The van der Waals surface area contributed by atoms with E-state index in [-0.39, 0.29) is 34.6 Å². The maximum atomic E-state index is 13.0. The van der Waals surface area contributed by atoms with Crippen LogP contribution in [0, 0.1) is 29.6 Å². The second-order valence-corrected chi connectivity index (χ2v) is 9.36. The zero-order valence-corrected chi connectivity index (χ0v) is 18.5. The number of anilines is 1. The number of hydrogen-bond donors (Lipinski definition) is 1. The molecule has 1 saturated carbocycles. The quantitative estimate of drug-likeness (QED) is 0.396. The first-order valence-corrected chi connectivity index (χ1v) is 10.9. The van der Waals surface area contributed by atoms with Crippen LogP contribution in [0.3, 0.4) is 0 Å². The zero-order chi connectivity index (χ0) is 22.4. The largest absolute Gasteiger partial charge is 0.454 e. The summed E-state index contributed by atoms with van der Waals surface area (Å²) < 4.78 is 5.18. The summed E-state index contributed by atoms with van der Waals surface area (Å²) in [6.07, 6.45) is 4.80. The third-order valence-corrected chi connectivity index (χ3v) is 6.75. The molecule has 0 spiro atoms. The lowest BCUT2D eigenvalue weighted by Gasteiger charge is -2.28. The Kier molecular flexibility index (Phi) is 5.83. The Balaban J connectivity index is 1.42. The zero-order valence-electron chi connectivity index (χ0n) is 17.0. The number of rotatable bonds is 6. The summed E-state index contributed by atoms with van der Waals surface area (Å²) in [6.45, 7) is 2.90. The minimum atomic E-state index is -1.07. The van der Waals surface area contributed by atoms with Gasteiger partial charge in [-0.2, -0.15) is 0 Å². The number of imide groups is 1. The number of carbonyl (C=O) groups is 4. The van der Waals surface area contributed by atoms with E-state index in [1.165, 1.54) is 12.1 Å². The van der Waals surface area contributed by atoms with Crippen molar-refractivity contribution in [2.24, 2.45) is 29.6 Å². The van der Waals surface area contributed by atoms with Crippen molar-refractivity contribution in [1.29, 1.82) is 0 Å². The van der Waals surface area contributed by atoms with Crippen LogP contribution in [0.25, 0.3) is 0 Å². The third kappa shape index (κ3) is 3.85. The van der Waals surface area contributed by atoms with Gasteiger partial charge < -0.3 is 10.1 Å². The lowest BCUT2D eigenvalue weighted by Crippen LogP contribution is -2.50. The van der Waals surface area contributed by atoms with Crippen molar-refractivity contribution in [3.8, 4) is 0 Å². The Hall–Kier alpha value is -2.38. The maximum absolute atomic E-state index is 13.0. The highest BCUT2D eigenvalue weighted by atomic mass is 35.5. The number of nitrogens with one attached hydrogen (secondary N) is 1. The molecule has 0 radical (unpaired) electrons. The van der Waals surface area contributed by atoms with E-state index in [0.29, 0.717) is 10.7 Å². The van der Waals surface area contributed by atoms with Gasteiger partial charge in [0, 0.05) is 5.02 Å². The Bertz CT molecular complexity index is 962. The fourth-order valence-corrected chi connectivity index (χ4v) is 5.33. The van der Waals surface area contributed by atoms with E-state index in [1.54, 1.807) is 19.9 Å². The standard InChI is InChI=1S/C22H22Cl2N2O5/c1-10(2)19(26-20(28)17-11-3-4-12(7-11)18(17)21(26)29)22(30)31-9-16(27)25-15-6-5-13(23)8-14(15)24/h3-6,8,10-12,17-19H,7,9H2,1-2H3,(H,25,27)/t11-,12-,17+,18+,19+/m0/s1. The van der Waals surface area contributed by atoms with E-state index < -0.39 is 36.4 Å². The lowest BCUT2D eigenvalue weighted by molar-refractivity contribution is -0.162. The summed E-state index contributed by atoms with van der Waals surface area (Å²) in [5.74, 6) is -3.07. The smallest absolute Gasteiger partial charge is 0.330 e. The molecule has 4 rings (SSSR count). The van der Waals surface area contributed by atoms with Crippen LogP contribution in [0.4, 0.5) is 5.69 Å². The number of nitrogens with zero attached hydrogens (tertiary/aromatic N) is 1. The van der Waals surface area contributed by atoms with Crippen molar-refractivity contribution in [3.05, 3.63) is 40.4 Å². The van der Waals surface area contributed by atoms with Crippen LogP contribution >= 0.6 is 23.2 Å². The van der Waals surface area contributed by atoms with Crippen LogP contribution in [-0.4, -0.2) is 41.2 Å². The fourth-order valence-electron chi connectivity index (χ4n) is 4.87. The average molecular weight is 465 g/mol. The van der Waals surface area contributed by atoms with E-state index in [2.05, 4.69) is 5.32 Å². The summed E-state index contributed by atoms with van der Waals surface area (Å²) >= 11 is 11.9. The summed E-state index contributed by atoms with van der Waals surface area (Å²) in [4.78, 5) is 52.2. The van der Waals surface area contributed by atoms with Crippen LogP contribution in [-0.2, 0) is 23.9 Å². The molecule has 2 fully saturated rings. The predicted molar refractivity (Wildman–Crippen MR) is 114 cm³/mol. The molecule has 1 saturated heterocycles. The maximum Gasteiger partial charge on any atom is 0.330 e. The molecule has 9 heteroatoms. The first kappa shape index (κ1) is 21.8. The van der Waals surface area contributed by atoms with Gasteiger partial charge in [0.25, 0.3) is 5.91 Å². The first-order valence-electron chi connectivity index (χ1n) is 10.2. The number of esters is 1. The second-order valence-electron chi connectivity index (χ2n) is 8.52. The second kappa shape index (κ2) is 8.28. The van der Waals surface area contributed by atoms with Gasteiger partial charge >= 0.3 is 5.97 Å². The average Bonchev–Trinajstić information content (AvgIpc) is 3.38. The summed E-state index contributed by atoms with van der Waals surface area (Å²) in [5.41, 5.74) is 0.327. The number of carbonyl (C=O) groups excluding carboxylic acids is 4. The van der Waals surface area contributed by atoms with E-state index in [4.69, 9.17) is 27.9 Å². The fraction of sp³-hybridized carbons (Fsp3) is 0.455. The van der Waals surface area contributed by atoms with Gasteiger partial charge in [-0.05, 0) is 42.4 Å². The molecular weight excluding hydrogens is 443 g/mol. The Morgan fingerprint density at radius 3 is 2.29 bits per heavy atom. The number of fused-ring (bicyclic) bond motifs is 5. The van der Waals surface area contributed by atoms with Crippen molar-refractivity contribution >= 4 is 52.6 Å². The van der Waals surface area contributed by atoms with E-state index in [0.717, 1.165) is 11.3 Å². The Labute approximate surface area is 189 Å². The number of halogens is 2. The van der Waals surface area contributed by atoms with E-state index in [1.807, 2.05) is 12.2 Å². The monoisotopic (exact) mass is 464 g/mol. The summed E-state index contributed by atoms with van der Waals surface area (Å²) in [7, 11) is 0. The molecule has 1 N–H and O–H groups in total. The molecule has 3 amide bonds. The van der Waals surface area contributed by atoms with Crippen molar-refractivity contribution in [2.75, 3.05) is 11.9 Å². The normalized spacial score (nSPS) is 27.1. The molecule has 31 heavy (non-hydrogen) atoms. The molecule has 7 nitrogen and oxygen atoms in total. The number of ether oxygens (including phenoxy) is 1. The molecule has 1 aliphatic heterocycles. The highest BCUT2D eigenvalue weighted by Gasteiger charge is 2.61. The van der Waals surface area contributed by atoms with Crippen LogP contribution in [0.15, 0.2) is 30.4 Å². The molecule has 1 aromatic rings. The summed E-state index contributed by atoms with van der Waals surface area (Å²) in [6, 6.07) is 3.50. The molecular formula is C22H22Cl2N2O5. The van der Waals surface area contributed by atoms with Crippen LogP contribution in [0.1, 0.15) is 20.3 Å². The Morgan fingerprint density at radius 2 is 1.74 bits per heavy atom. The molecule has 3 aliphatic rings. The van der Waals surface area contributed by atoms with Crippen molar-refractivity contribution < 1.29 is 23.9 Å². The van der Waals surface area contributed by atoms with Gasteiger partial charge in [-0.15, -0.1) is 0 Å². The Morgan fingerprint density at radius 1 is 1.13 bits per heavy atom. The minimum Gasteiger partial charge on any atom is -0.454 e. The molecule has 0 aromatic heterocycles. The molecule has 2 aliphatic carbocycles. The molecule has 164 valence electrons. The van der Waals surface area contributed by atoms with Gasteiger partial charge in [0.2, 0.25) is 11.8 Å². The highest BCUT2D eigenvalue weighted by molar-refractivity contribution is 6.36. The first-order chi connectivity index (χ1) is 14.7. The van der Waals surface area contributed by atoms with Gasteiger partial charge in [-0.25, -0.2) is 4.79 Å². The van der Waals surface area contributed by atoms with Gasteiger partial charge in [0.05, 0.1) is 22.5 Å². The summed E-state index contributed by atoms with van der Waals surface area (Å²) in [5, 5.41) is 3.20. The molecule has 1 aromatic carbocycles. The lowest BCUT2D eigenvalue weighted by atomic mass is 9.85. The van der Waals surface area contributed by atoms with Crippen LogP contribution in [0.5, 0.6) is 0 Å². The molecule has 1 heterocycles. The van der Waals surface area contributed by atoms with Gasteiger partial charge in [-0.1, -0.05) is 49.2 Å². The van der Waals surface area contributed by atoms with Crippen molar-refractivity contribution in [2.45, 2.75) is 26.3 Å².